The van der Waals surface area contributed by atoms with E-state index in [1.165, 1.54) is 129 Å². The van der Waals surface area contributed by atoms with Crippen molar-refractivity contribution in [3.05, 3.63) is 77.4 Å². The van der Waals surface area contributed by atoms with Crippen LogP contribution in [0.1, 0.15) is 175 Å². The van der Waals surface area contributed by atoms with Gasteiger partial charge in [-0.1, -0.05) is 173 Å². The average Bonchev–Trinajstić information content (AvgIpc) is 3.26. The lowest BCUT2D eigenvalue weighted by atomic mass is 9.57. The summed E-state index contributed by atoms with van der Waals surface area (Å²) in [6.45, 7) is 20.0. The molecule has 2 bridgehead atoms. The first-order valence-corrected chi connectivity index (χ1v) is 22.0. The third-order valence-corrected chi connectivity index (χ3v) is 14.2. The van der Waals surface area contributed by atoms with Crippen LogP contribution in [-0.4, -0.2) is 17.4 Å². The molecule has 2 heteroatoms. The van der Waals surface area contributed by atoms with Gasteiger partial charge in [0.05, 0.1) is 0 Å². The molecule has 272 valence electrons. The van der Waals surface area contributed by atoms with Crippen molar-refractivity contribution < 1.29 is 0 Å². The number of benzene rings is 2. The predicted molar refractivity (Wildman–Crippen MR) is 223 cm³/mol. The van der Waals surface area contributed by atoms with Crippen molar-refractivity contribution in [1.82, 2.24) is 0 Å². The van der Waals surface area contributed by atoms with E-state index < -0.39 is 0 Å². The molecule has 4 aliphatic rings. The first-order chi connectivity index (χ1) is 23.7. The monoisotopic (exact) mass is 684 g/mol. The van der Waals surface area contributed by atoms with Gasteiger partial charge in [-0.3, -0.25) is 0 Å². The summed E-state index contributed by atoms with van der Waals surface area (Å²) < 4.78 is 0. The van der Waals surface area contributed by atoms with Crippen LogP contribution in [0, 0.1) is 17.3 Å². The maximum absolute atomic E-state index is 6.58. The van der Waals surface area contributed by atoms with Gasteiger partial charge < -0.3 is 5.73 Å². The zero-order chi connectivity index (χ0) is 35.4. The van der Waals surface area contributed by atoms with E-state index in [-0.39, 0.29) is 6.04 Å². The molecule has 1 heterocycles. The van der Waals surface area contributed by atoms with Crippen molar-refractivity contribution in [3.63, 3.8) is 0 Å². The molecule has 49 heavy (non-hydrogen) atoms. The average molecular weight is 684 g/mol. The molecule has 2 aromatic rings. The minimum atomic E-state index is 0.284. The van der Waals surface area contributed by atoms with Gasteiger partial charge in [0.25, 0.3) is 0 Å². The van der Waals surface area contributed by atoms with Crippen molar-refractivity contribution in [3.8, 4) is 0 Å². The molecule has 3 aliphatic carbocycles. The van der Waals surface area contributed by atoms with Gasteiger partial charge in [-0.2, -0.15) is 0 Å². The molecule has 1 aliphatic heterocycles. The minimum Gasteiger partial charge on any atom is -0.327 e. The fraction of sp³-hybridized carbons (Fsp3) is 0.660. The highest BCUT2D eigenvalue weighted by Gasteiger charge is 2.45. The third-order valence-electron chi connectivity index (χ3n) is 12.4. The van der Waals surface area contributed by atoms with E-state index in [1.807, 2.05) is 13.8 Å². The van der Waals surface area contributed by atoms with Crippen molar-refractivity contribution in [2.45, 2.75) is 175 Å². The van der Waals surface area contributed by atoms with Crippen LogP contribution in [0.5, 0.6) is 0 Å². The normalized spacial score (nSPS) is 27.5. The van der Waals surface area contributed by atoms with E-state index in [1.54, 1.807) is 5.57 Å². The van der Waals surface area contributed by atoms with Gasteiger partial charge in [0.15, 0.2) is 0 Å². The molecule has 2 N–H and O–H groups in total. The zero-order valence-electron chi connectivity index (χ0n) is 32.9. The molecular weight excluding hydrogens is 609 g/mol. The first-order valence-electron chi connectivity index (χ1n) is 20.8. The number of fused-ring (bicyclic) bond motifs is 3. The summed E-state index contributed by atoms with van der Waals surface area (Å²) in [5.74, 6) is 2.13. The Morgan fingerprint density at radius 2 is 1.57 bits per heavy atom. The SMILES string of the molecule is C=C1CC(C)(C)PCC1c1ccc2cc(C3=CC=C(CC(N)CC)C(C45CCCCC(CCC4)C5)C3)ccc2c1.CC.CCCCCCC. The second-order valence-electron chi connectivity index (χ2n) is 16.7. The van der Waals surface area contributed by atoms with Gasteiger partial charge in [0, 0.05) is 12.0 Å². The standard InChI is InChI=1S/C38H52NP.C7H16.C2H6/c1-5-34(39)21-33-16-14-31(22-36(33)38-17-7-6-9-27(24-38)10-8-18-38)29-11-12-30-20-32(15-13-28(30)19-29)35-25-40-37(3,4)23-26(35)2;1-3-5-7-6-4-2;1-2/h11-16,19-20,27,34-36,40H,2,5-10,17-18,21-25,39H2,1,3-4H3;3-7H2,1-2H3;1-2H3. The van der Waals surface area contributed by atoms with E-state index in [2.05, 4.69) is 89.7 Å². The molecule has 1 nitrogen and oxygen atoms in total. The Kier molecular flexibility index (Phi) is 15.7. The molecule has 0 spiro atoms. The fourth-order valence-electron chi connectivity index (χ4n) is 9.61. The maximum atomic E-state index is 6.58. The molecule has 0 radical (unpaired) electrons. The second-order valence-corrected chi connectivity index (χ2v) is 18.8. The molecule has 6 unspecified atom stereocenters. The van der Waals surface area contributed by atoms with Gasteiger partial charge in [-0.25, -0.2) is 0 Å². The molecule has 6 rings (SSSR count). The highest BCUT2D eigenvalue weighted by Crippen LogP contribution is 2.57. The molecule has 6 atom stereocenters. The Morgan fingerprint density at radius 3 is 2.29 bits per heavy atom. The predicted octanol–water partition coefficient (Wildman–Crippen LogP) is 14.6. The van der Waals surface area contributed by atoms with Crippen LogP contribution in [0.25, 0.3) is 16.3 Å². The Labute approximate surface area is 305 Å². The minimum absolute atomic E-state index is 0.284. The van der Waals surface area contributed by atoms with Crippen LogP contribution in [0.15, 0.2) is 66.3 Å². The van der Waals surface area contributed by atoms with Crippen molar-refractivity contribution in [2.75, 3.05) is 6.16 Å². The van der Waals surface area contributed by atoms with Gasteiger partial charge in [-0.15, -0.1) is 8.58 Å². The Morgan fingerprint density at radius 1 is 0.878 bits per heavy atom. The van der Waals surface area contributed by atoms with E-state index >= 15 is 0 Å². The number of hydrogen-bond donors (Lipinski definition) is 1. The number of rotatable bonds is 10. The molecular formula is C47H74NP. The lowest BCUT2D eigenvalue weighted by Gasteiger charge is -2.48. The first kappa shape index (κ1) is 40.1. The molecule has 0 amide bonds. The van der Waals surface area contributed by atoms with Crippen LogP contribution in [0.3, 0.4) is 0 Å². The van der Waals surface area contributed by atoms with Gasteiger partial charge in [0.1, 0.15) is 0 Å². The van der Waals surface area contributed by atoms with Crippen LogP contribution in [0.2, 0.25) is 0 Å². The Hall–Kier alpha value is -1.69. The molecule has 2 saturated carbocycles. The number of hydrogen-bond acceptors (Lipinski definition) is 1. The van der Waals surface area contributed by atoms with Crippen LogP contribution < -0.4 is 5.73 Å². The fourth-order valence-corrected chi connectivity index (χ4v) is 11.2. The maximum Gasteiger partial charge on any atom is 0.00831 e. The summed E-state index contributed by atoms with van der Waals surface area (Å²) >= 11 is 0. The van der Waals surface area contributed by atoms with Crippen molar-refractivity contribution in [2.24, 2.45) is 23.0 Å². The highest BCUT2D eigenvalue weighted by molar-refractivity contribution is 7.40. The van der Waals surface area contributed by atoms with E-state index in [4.69, 9.17) is 5.73 Å². The van der Waals surface area contributed by atoms with Gasteiger partial charge >= 0.3 is 0 Å². The topological polar surface area (TPSA) is 26.0 Å². The Bertz CT molecular complexity index is 1390. The lowest BCUT2D eigenvalue weighted by molar-refractivity contribution is 0.0806. The third kappa shape index (κ3) is 10.7. The van der Waals surface area contributed by atoms with E-state index in [0.29, 0.717) is 22.4 Å². The Balaban J connectivity index is 0.000000537. The number of allylic oxidation sites excluding steroid dienone is 4. The molecule has 3 fully saturated rings. The summed E-state index contributed by atoms with van der Waals surface area (Å²) in [5.41, 5.74) is 14.6. The smallest absolute Gasteiger partial charge is 0.00831 e. The summed E-state index contributed by atoms with van der Waals surface area (Å²) in [4.78, 5) is 0. The number of nitrogens with two attached hydrogens (primary N) is 1. The van der Waals surface area contributed by atoms with Crippen LogP contribution in [0.4, 0.5) is 0 Å². The van der Waals surface area contributed by atoms with Crippen LogP contribution in [-0.2, 0) is 0 Å². The largest absolute Gasteiger partial charge is 0.327 e. The van der Waals surface area contributed by atoms with E-state index in [0.717, 1.165) is 33.8 Å². The van der Waals surface area contributed by atoms with Crippen molar-refractivity contribution in [1.29, 1.82) is 0 Å². The lowest BCUT2D eigenvalue weighted by Crippen LogP contribution is -2.38. The molecule has 1 saturated heterocycles. The molecule has 2 aromatic carbocycles. The zero-order valence-corrected chi connectivity index (χ0v) is 33.9. The van der Waals surface area contributed by atoms with Gasteiger partial charge in [-0.05, 0) is 107 Å². The van der Waals surface area contributed by atoms with Crippen LogP contribution >= 0.6 is 8.58 Å². The summed E-state index contributed by atoms with van der Waals surface area (Å²) in [6.07, 6.45) is 29.2. The molecule has 0 aromatic heterocycles. The summed E-state index contributed by atoms with van der Waals surface area (Å²) in [6, 6.07) is 14.8. The quantitative estimate of drug-likeness (QED) is 0.151. The van der Waals surface area contributed by atoms with Gasteiger partial charge in [0.2, 0.25) is 0 Å². The summed E-state index contributed by atoms with van der Waals surface area (Å²) in [5, 5.41) is 3.17. The highest BCUT2D eigenvalue weighted by atomic mass is 31.1. The second kappa shape index (κ2) is 19.2. The van der Waals surface area contributed by atoms with Crippen molar-refractivity contribution >= 4 is 24.9 Å². The number of unbranched alkanes of at least 4 members (excludes halogenated alkanes) is 4. The summed E-state index contributed by atoms with van der Waals surface area (Å²) in [7, 11) is 1.01. The van der Waals surface area contributed by atoms with E-state index in [9.17, 15) is 0 Å².